The maximum absolute atomic E-state index is 12.0. The van der Waals surface area contributed by atoms with Crippen molar-refractivity contribution in [1.82, 2.24) is 5.32 Å². The molecule has 1 aromatic rings. The van der Waals surface area contributed by atoms with E-state index in [2.05, 4.69) is 21.2 Å². The SMILES string of the molecule is CC(N)Cc1cc(OC(C)C(=O)NC(C)(C)C)ccc1Br. The zero-order valence-electron chi connectivity index (χ0n) is 13.4. The van der Waals surface area contributed by atoms with E-state index in [1.807, 2.05) is 45.9 Å². The third kappa shape index (κ3) is 6.48. The van der Waals surface area contributed by atoms with Gasteiger partial charge in [0.1, 0.15) is 5.75 Å². The quantitative estimate of drug-likeness (QED) is 0.852. The van der Waals surface area contributed by atoms with Crippen LogP contribution in [0.15, 0.2) is 22.7 Å². The topological polar surface area (TPSA) is 64.3 Å². The zero-order valence-corrected chi connectivity index (χ0v) is 15.0. The van der Waals surface area contributed by atoms with E-state index in [4.69, 9.17) is 10.5 Å². The summed E-state index contributed by atoms with van der Waals surface area (Å²) in [7, 11) is 0. The summed E-state index contributed by atoms with van der Waals surface area (Å²) >= 11 is 3.50. The number of nitrogens with two attached hydrogens (primary N) is 1. The normalized spacial score (nSPS) is 14.4. The lowest BCUT2D eigenvalue weighted by Crippen LogP contribution is -2.46. The van der Waals surface area contributed by atoms with Gasteiger partial charge >= 0.3 is 0 Å². The highest BCUT2D eigenvalue weighted by atomic mass is 79.9. The van der Waals surface area contributed by atoms with Crippen molar-refractivity contribution in [2.45, 2.75) is 58.7 Å². The summed E-state index contributed by atoms with van der Waals surface area (Å²) in [6.07, 6.45) is 0.203. The first kappa shape index (κ1) is 18.0. The number of nitrogens with one attached hydrogen (secondary N) is 1. The molecule has 5 heteroatoms. The van der Waals surface area contributed by atoms with Gasteiger partial charge in [-0.05, 0) is 64.8 Å². The van der Waals surface area contributed by atoms with E-state index >= 15 is 0 Å². The molecule has 2 unspecified atom stereocenters. The van der Waals surface area contributed by atoms with E-state index in [1.54, 1.807) is 6.92 Å². The Morgan fingerprint density at radius 2 is 2.00 bits per heavy atom. The Hall–Kier alpha value is -1.07. The van der Waals surface area contributed by atoms with Crippen LogP contribution in [0.4, 0.5) is 0 Å². The van der Waals surface area contributed by atoms with E-state index in [0.717, 1.165) is 16.5 Å². The molecule has 2 atom stereocenters. The van der Waals surface area contributed by atoms with Gasteiger partial charge in [0.05, 0.1) is 0 Å². The second-order valence-electron chi connectivity index (χ2n) is 6.43. The van der Waals surface area contributed by atoms with Gasteiger partial charge in [-0.3, -0.25) is 4.79 Å². The molecule has 0 radical (unpaired) electrons. The van der Waals surface area contributed by atoms with Crippen LogP contribution in [0.25, 0.3) is 0 Å². The van der Waals surface area contributed by atoms with Crippen LogP contribution < -0.4 is 15.8 Å². The molecule has 0 aromatic heterocycles. The van der Waals surface area contributed by atoms with Crippen LogP contribution >= 0.6 is 15.9 Å². The van der Waals surface area contributed by atoms with Crippen LogP contribution in [0.5, 0.6) is 5.75 Å². The number of benzene rings is 1. The highest BCUT2D eigenvalue weighted by Gasteiger charge is 2.20. The molecule has 0 heterocycles. The standard InChI is InChI=1S/C16H25BrN2O2/c1-10(18)8-12-9-13(6-7-14(12)17)21-11(2)15(20)19-16(3,4)5/h6-7,9-11H,8,18H2,1-5H3,(H,19,20). The first-order chi connectivity index (χ1) is 9.58. The van der Waals surface area contributed by atoms with Crippen LogP contribution in [0.2, 0.25) is 0 Å². The first-order valence-corrected chi connectivity index (χ1v) is 7.90. The smallest absolute Gasteiger partial charge is 0.261 e. The summed E-state index contributed by atoms with van der Waals surface area (Å²) < 4.78 is 6.72. The van der Waals surface area contributed by atoms with Crippen molar-refractivity contribution >= 4 is 21.8 Å². The molecule has 0 aliphatic rings. The molecule has 1 amide bonds. The molecule has 1 aromatic carbocycles. The predicted molar refractivity (Wildman–Crippen MR) is 89.5 cm³/mol. The van der Waals surface area contributed by atoms with Crippen molar-refractivity contribution in [1.29, 1.82) is 0 Å². The highest BCUT2D eigenvalue weighted by molar-refractivity contribution is 9.10. The Morgan fingerprint density at radius 3 is 2.52 bits per heavy atom. The minimum absolute atomic E-state index is 0.0677. The largest absolute Gasteiger partial charge is 0.481 e. The molecule has 21 heavy (non-hydrogen) atoms. The van der Waals surface area contributed by atoms with Gasteiger partial charge in [-0.15, -0.1) is 0 Å². The molecule has 4 nitrogen and oxygen atoms in total. The van der Waals surface area contributed by atoms with Crippen molar-refractivity contribution in [2.75, 3.05) is 0 Å². The summed E-state index contributed by atoms with van der Waals surface area (Å²) in [5.74, 6) is 0.546. The van der Waals surface area contributed by atoms with Crippen molar-refractivity contribution < 1.29 is 9.53 Å². The number of carbonyl (C=O) groups excluding carboxylic acids is 1. The summed E-state index contributed by atoms with van der Waals surface area (Å²) in [5, 5.41) is 2.90. The minimum Gasteiger partial charge on any atom is -0.481 e. The molecule has 0 saturated carbocycles. The lowest BCUT2D eigenvalue weighted by atomic mass is 10.1. The van der Waals surface area contributed by atoms with Gasteiger partial charge in [0.25, 0.3) is 5.91 Å². The van der Waals surface area contributed by atoms with Crippen molar-refractivity contribution in [3.05, 3.63) is 28.2 Å². The number of carbonyl (C=O) groups is 1. The summed E-state index contributed by atoms with van der Waals surface area (Å²) in [6.45, 7) is 9.53. The van der Waals surface area contributed by atoms with Gasteiger partial charge in [-0.1, -0.05) is 15.9 Å². The molecule has 0 bridgehead atoms. The molecule has 0 saturated heterocycles. The van der Waals surface area contributed by atoms with Gasteiger partial charge in [-0.25, -0.2) is 0 Å². The number of amides is 1. The molecule has 0 spiro atoms. The molecule has 118 valence electrons. The lowest BCUT2D eigenvalue weighted by Gasteiger charge is -2.24. The molecule has 0 aliphatic carbocycles. The summed E-state index contributed by atoms with van der Waals surface area (Å²) in [6, 6.07) is 5.75. The second kappa shape index (κ2) is 7.27. The average Bonchev–Trinajstić information content (AvgIpc) is 2.30. The van der Waals surface area contributed by atoms with Crippen molar-refractivity contribution in [2.24, 2.45) is 5.73 Å². The van der Waals surface area contributed by atoms with Crippen LogP contribution in [0.3, 0.4) is 0 Å². The Balaban J connectivity index is 2.76. The number of rotatable bonds is 5. The Bertz CT molecular complexity index is 496. The Kier molecular flexibility index (Phi) is 6.23. The van der Waals surface area contributed by atoms with E-state index < -0.39 is 6.10 Å². The Labute approximate surface area is 135 Å². The van der Waals surface area contributed by atoms with Crippen LogP contribution in [0.1, 0.15) is 40.2 Å². The van der Waals surface area contributed by atoms with Gasteiger partial charge < -0.3 is 15.8 Å². The molecule has 1 rings (SSSR count). The van der Waals surface area contributed by atoms with Crippen LogP contribution in [-0.2, 0) is 11.2 Å². The van der Waals surface area contributed by atoms with Gasteiger partial charge in [-0.2, -0.15) is 0 Å². The number of hydrogen-bond donors (Lipinski definition) is 2. The third-order valence-corrected chi connectivity index (χ3v) is 3.51. The van der Waals surface area contributed by atoms with Gasteiger partial charge in [0.2, 0.25) is 0 Å². The van der Waals surface area contributed by atoms with Crippen molar-refractivity contribution in [3.63, 3.8) is 0 Å². The Morgan fingerprint density at radius 1 is 1.38 bits per heavy atom. The number of halogens is 1. The van der Waals surface area contributed by atoms with E-state index in [1.165, 1.54) is 0 Å². The van der Waals surface area contributed by atoms with Gasteiger partial charge in [0.15, 0.2) is 6.10 Å². The van der Waals surface area contributed by atoms with Crippen LogP contribution in [-0.4, -0.2) is 23.6 Å². The van der Waals surface area contributed by atoms with Crippen molar-refractivity contribution in [3.8, 4) is 5.75 Å². The zero-order chi connectivity index (χ0) is 16.2. The second-order valence-corrected chi connectivity index (χ2v) is 7.29. The first-order valence-electron chi connectivity index (χ1n) is 7.11. The monoisotopic (exact) mass is 356 g/mol. The van der Waals surface area contributed by atoms with E-state index in [0.29, 0.717) is 5.75 Å². The van der Waals surface area contributed by atoms with Crippen LogP contribution in [0, 0.1) is 0 Å². The third-order valence-electron chi connectivity index (χ3n) is 2.74. The fourth-order valence-corrected chi connectivity index (χ4v) is 2.27. The van der Waals surface area contributed by atoms with E-state index in [9.17, 15) is 4.79 Å². The highest BCUT2D eigenvalue weighted by Crippen LogP contribution is 2.24. The molecule has 3 N–H and O–H groups in total. The maximum Gasteiger partial charge on any atom is 0.261 e. The molecular formula is C16H25BrN2O2. The minimum atomic E-state index is -0.548. The fourth-order valence-electron chi connectivity index (χ4n) is 1.86. The fraction of sp³-hybridized carbons (Fsp3) is 0.562. The molecule has 0 aliphatic heterocycles. The van der Waals surface area contributed by atoms with Gasteiger partial charge in [0, 0.05) is 16.1 Å². The number of hydrogen-bond acceptors (Lipinski definition) is 3. The summed E-state index contributed by atoms with van der Waals surface area (Å²) in [4.78, 5) is 12.0. The summed E-state index contributed by atoms with van der Waals surface area (Å²) in [5.41, 5.74) is 6.64. The maximum atomic E-state index is 12.0. The number of ether oxygens (including phenoxy) is 1. The van der Waals surface area contributed by atoms with E-state index in [-0.39, 0.29) is 17.5 Å². The lowest BCUT2D eigenvalue weighted by molar-refractivity contribution is -0.128. The predicted octanol–water partition coefficient (Wildman–Crippen LogP) is 3.02. The molecule has 0 fully saturated rings. The average molecular weight is 357 g/mol. The molecular weight excluding hydrogens is 332 g/mol.